The van der Waals surface area contributed by atoms with Crippen molar-refractivity contribution in [2.45, 2.75) is 6.92 Å². The van der Waals surface area contributed by atoms with E-state index in [1.807, 2.05) is 6.07 Å². The maximum atomic E-state index is 12.6. The topological polar surface area (TPSA) is 95.9 Å². The molecular weight excluding hydrogens is 460 g/mol. The minimum absolute atomic E-state index is 0.0466. The molecule has 3 rings (SSSR count). The molecule has 150 valence electrons. The predicted molar refractivity (Wildman–Crippen MR) is 115 cm³/mol. The van der Waals surface area contributed by atoms with Crippen LogP contribution in [-0.4, -0.2) is 40.2 Å². The highest BCUT2D eigenvalue weighted by Gasteiger charge is 2.36. The van der Waals surface area contributed by atoms with Gasteiger partial charge in [0, 0.05) is 5.69 Å². The van der Waals surface area contributed by atoms with Crippen LogP contribution in [-0.2, 0) is 9.59 Å². The number of ether oxygens (including phenoxy) is 1. The Labute approximate surface area is 179 Å². The number of halogens is 1. The van der Waals surface area contributed by atoms with Crippen LogP contribution >= 0.6 is 27.7 Å². The van der Waals surface area contributed by atoms with E-state index in [9.17, 15) is 19.5 Å². The average molecular weight is 477 g/mol. The molecule has 0 saturated carbocycles. The van der Waals surface area contributed by atoms with E-state index in [0.717, 1.165) is 16.7 Å². The van der Waals surface area contributed by atoms with Gasteiger partial charge in [-0.15, -0.1) is 0 Å². The number of hydrogen-bond donors (Lipinski definition) is 2. The standard InChI is InChI=1S/C20H17BrN2O5S/c1-2-28-15-9-12(8-14(21)18(15)25)10-16-19(26)23(20(27)29-16)11-17(24)22-13-6-4-3-5-7-13/h3-10,25H,2,11H2,1H3,(H,22,24)/b16-10+. The third kappa shape index (κ3) is 4.99. The number of amides is 3. The summed E-state index contributed by atoms with van der Waals surface area (Å²) in [7, 11) is 0. The number of para-hydroxylation sites is 1. The van der Waals surface area contributed by atoms with Crippen LogP contribution in [0.3, 0.4) is 0 Å². The summed E-state index contributed by atoms with van der Waals surface area (Å²) in [6.07, 6.45) is 1.52. The molecule has 9 heteroatoms. The second kappa shape index (κ2) is 9.15. The Balaban J connectivity index is 1.75. The second-order valence-corrected chi connectivity index (χ2v) is 7.81. The molecule has 0 aromatic heterocycles. The molecule has 0 radical (unpaired) electrons. The van der Waals surface area contributed by atoms with Gasteiger partial charge < -0.3 is 15.2 Å². The number of nitrogens with one attached hydrogen (secondary N) is 1. The van der Waals surface area contributed by atoms with Crippen LogP contribution in [0.25, 0.3) is 6.08 Å². The highest BCUT2D eigenvalue weighted by molar-refractivity contribution is 9.10. The molecule has 0 unspecified atom stereocenters. The minimum Gasteiger partial charge on any atom is -0.503 e. The fourth-order valence-corrected chi connectivity index (χ4v) is 3.89. The first-order valence-corrected chi connectivity index (χ1v) is 10.3. The minimum atomic E-state index is -0.551. The Bertz CT molecular complexity index is 994. The molecule has 0 bridgehead atoms. The van der Waals surface area contributed by atoms with Gasteiger partial charge in [0.2, 0.25) is 5.91 Å². The summed E-state index contributed by atoms with van der Waals surface area (Å²) in [5.41, 5.74) is 1.15. The zero-order valence-electron chi connectivity index (χ0n) is 15.3. The van der Waals surface area contributed by atoms with E-state index >= 15 is 0 Å². The summed E-state index contributed by atoms with van der Waals surface area (Å²) in [5.74, 6) is -0.805. The zero-order chi connectivity index (χ0) is 21.0. The van der Waals surface area contributed by atoms with Crippen molar-refractivity contribution in [3.05, 3.63) is 57.4 Å². The van der Waals surface area contributed by atoms with Gasteiger partial charge in [-0.2, -0.15) is 0 Å². The highest BCUT2D eigenvalue weighted by Crippen LogP contribution is 2.38. The Morgan fingerprint density at radius 3 is 2.69 bits per heavy atom. The molecule has 1 fully saturated rings. The van der Waals surface area contributed by atoms with Crippen LogP contribution in [0.1, 0.15) is 12.5 Å². The van der Waals surface area contributed by atoms with Crippen molar-refractivity contribution in [3.8, 4) is 11.5 Å². The summed E-state index contributed by atoms with van der Waals surface area (Å²) >= 11 is 3.99. The highest BCUT2D eigenvalue weighted by atomic mass is 79.9. The number of aromatic hydroxyl groups is 1. The zero-order valence-corrected chi connectivity index (χ0v) is 17.7. The number of thioether (sulfide) groups is 1. The van der Waals surface area contributed by atoms with Gasteiger partial charge in [0.1, 0.15) is 6.54 Å². The maximum Gasteiger partial charge on any atom is 0.294 e. The van der Waals surface area contributed by atoms with Gasteiger partial charge in [0.15, 0.2) is 11.5 Å². The fraction of sp³-hybridized carbons (Fsp3) is 0.150. The van der Waals surface area contributed by atoms with Gasteiger partial charge >= 0.3 is 0 Å². The van der Waals surface area contributed by atoms with Gasteiger partial charge in [0.05, 0.1) is 16.0 Å². The molecule has 29 heavy (non-hydrogen) atoms. The smallest absolute Gasteiger partial charge is 0.294 e. The van der Waals surface area contributed by atoms with Gasteiger partial charge in [-0.25, -0.2) is 0 Å². The van der Waals surface area contributed by atoms with Crippen LogP contribution in [0.4, 0.5) is 10.5 Å². The van der Waals surface area contributed by atoms with Gasteiger partial charge in [0.25, 0.3) is 11.1 Å². The molecule has 1 heterocycles. The molecule has 1 saturated heterocycles. The number of benzene rings is 2. The van der Waals surface area contributed by atoms with E-state index in [2.05, 4.69) is 21.2 Å². The number of rotatable bonds is 6. The SMILES string of the molecule is CCOc1cc(/C=C2/SC(=O)N(CC(=O)Nc3ccccc3)C2=O)cc(Br)c1O. The van der Waals surface area contributed by atoms with E-state index in [-0.39, 0.29) is 22.9 Å². The number of carbonyl (C=O) groups is 3. The fourth-order valence-electron chi connectivity index (χ4n) is 2.60. The normalized spacial score (nSPS) is 15.1. The molecule has 2 aromatic carbocycles. The van der Waals surface area contributed by atoms with Crippen molar-refractivity contribution in [3.63, 3.8) is 0 Å². The maximum absolute atomic E-state index is 12.6. The van der Waals surface area contributed by atoms with E-state index < -0.39 is 17.1 Å². The first kappa shape index (κ1) is 20.9. The molecule has 1 aliphatic rings. The van der Waals surface area contributed by atoms with Crippen LogP contribution in [0.5, 0.6) is 11.5 Å². The third-order valence-electron chi connectivity index (χ3n) is 3.88. The first-order chi connectivity index (χ1) is 13.9. The Morgan fingerprint density at radius 2 is 2.00 bits per heavy atom. The molecule has 2 N–H and O–H groups in total. The Morgan fingerprint density at radius 1 is 1.28 bits per heavy atom. The molecule has 0 atom stereocenters. The Kier molecular flexibility index (Phi) is 6.60. The van der Waals surface area contributed by atoms with Gasteiger partial charge in [-0.3, -0.25) is 19.3 Å². The van der Waals surface area contributed by atoms with Crippen molar-refractivity contribution in [2.75, 3.05) is 18.5 Å². The molecule has 1 aliphatic heterocycles. The average Bonchev–Trinajstić information content (AvgIpc) is 2.94. The van der Waals surface area contributed by atoms with Crippen molar-refractivity contribution in [2.24, 2.45) is 0 Å². The molecule has 3 amide bonds. The molecule has 2 aromatic rings. The van der Waals surface area contributed by atoms with Crippen molar-refractivity contribution >= 4 is 56.5 Å². The van der Waals surface area contributed by atoms with Crippen molar-refractivity contribution in [1.29, 1.82) is 0 Å². The van der Waals surface area contributed by atoms with E-state index in [1.165, 1.54) is 6.08 Å². The second-order valence-electron chi connectivity index (χ2n) is 5.96. The summed E-state index contributed by atoms with van der Waals surface area (Å²) in [5, 5.41) is 12.1. The number of imide groups is 1. The summed E-state index contributed by atoms with van der Waals surface area (Å²) in [6, 6.07) is 12.0. The van der Waals surface area contributed by atoms with Gasteiger partial charge in [-0.1, -0.05) is 18.2 Å². The van der Waals surface area contributed by atoms with Crippen molar-refractivity contribution in [1.82, 2.24) is 4.90 Å². The number of phenolic OH excluding ortho intramolecular Hbond substituents is 1. The first-order valence-electron chi connectivity index (χ1n) is 8.64. The Hall–Kier alpha value is -2.78. The van der Waals surface area contributed by atoms with Gasteiger partial charge in [-0.05, 0) is 70.5 Å². The van der Waals surface area contributed by atoms with Crippen LogP contribution < -0.4 is 10.1 Å². The number of nitrogens with zero attached hydrogens (tertiary/aromatic N) is 1. The lowest BCUT2D eigenvalue weighted by Gasteiger charge is -2.12. The largest absolute Gasteiger partial charge is 0.503 e. The van der Waals surface area contributed by atoms with E-state index in [0.29, 0.717) is 22.3 Å². The quantitative estimate of drug-likeness (QED) is 0.605. The summed E-state index contributed by atoms with van der Waals surface area (Å²) in [4.78, 5) is 38.1. The molecule has 0 aliphatic carbocycles. The summed E-state index contributed by atoms with van der Waals surface area (Å²) < 4.78 is 5.77. The third-order valence-corrected chi connectivity index (χ3v) is 5.39. The summed E-state index contributed by atoms with van der Waals surface area (Å²) in [6.45, 7) is 1.77. The molecular formula is C20H17BrN2O5S. The van der Waals surface area contributed by atoms with Crippen LogP contribution in [0.15, 0.2) is 51.8 Å². The van der Waals surface area contributed by atoms with Crippen molar-refractivity contribution < 1.29 is 24.2 Å². The lowest BCUT2D eigenvalue weighted by atomic mass is 10.2. The van der Waals surface area contributed by atoms with Crippen LogP contribution in [0.2, 0.25) is 0 Å². The number of carbonyl (C=O) groups excluding carboxylic acids is 3. The molecule has 7 nitrogen and oxygen atoms in total. The predicted octanol–water partition coefficient (Wildman–Crippen LogP) is 4.23. The lowest BCUT2D eigenvalue weighted by Crippen LogP contribution is -2.36. The number of phenols is 1. The van der Waals surface area contributed by atoms with E-state index in [4.69, 9.17) is 4.74 Å². The molecule has 0 spiro atoms. The number of anilines is 1. The number of hydrogen-bond acceptors (Lipinski definition) is 6. The lowest BCUT2D eigenvalue weighted by molar-refractivity contribution is -0.127. The monoisotopic (exact) mass is 476 g/mol. The van der Waals surface area contributed by atoms with Crippen LogP contribution in [0, 0.1) is 0 Å². The van der Waals surface area contributed by atoms with E-state index in [1.54, 1.807) is 43.3 Å².